The molecule has 1 rings (SSSR count). The molecule has 164 valence electrons. The molecular formula is C25H48N2S. The van der Waals surface area contributed by atoms with Crippen LogP contribution in [0.3, 0.4) is 0 Å². The molecule has 0 aliphatic heterocycles. The average molecular weight is 409 g/mol. The van der Waals surface area contributed by atoms with E-state index < -0.39 is 0 Å². The van der Waals surface area contributed by atoms with Crippen molar-refractivity contribution in [3.05, 3.63) is 16.1 Å². The van der Waals surface area contributed by atoms with Crippen molar-refractivity contribution in [3.63, 3.8) is 0 Å². The molecule has 0 radical (unpaired) electrons. The molecule has 0 spiro atoms. The number of nitrogens with one attached hydrogen (secondary N) is 1. The molecule has 0 unspecified atom stereocenters. The van der Waals surface area contributed by atoms with Gasteiger partial charge in [0.2, 0.25) is 0 Å². The summed E-state index contributed by atoms with van der Waals surface area (Å²) in [5.74, 6) is 0. The van der Waals surface area contributed by atoms with Crippen molar-refractivity contribution in [1.29, 1.82) is 0 Å². The van der Waals surface area contributed by atoms with Crippen LogP contribution in [0, 0.1) is 0 Å². The van der Waals surface area contributed by atoms with Gasteiger partial charge in [0.25, 0.3) is 0 Å². The Labute approximate surface area is 180 Å². The van der Waals surface area contributed by atoms with Gasteiger partial charge in [-0.25, -0.2) is 4.98 Å². The van der Waals surface area contributed by atoms with Gasteiger partial charge < -0.3 is 5.32 Å². The molecule has 0 saturated carbocycles. The van der Waals surface area contributed by atoms with Crippen LogP contribution in [0.1, 0.15) is 133 Å². The second-order valence-corrected chi connectivity index (χ2v) is 9.65. The summed E-state index contributed by atoms with van der Waals surface area (Å²) in [6.07, 6.45) is 27.4. The van der Waals surface area contributed by atoms with E-state index in [0.29, 0.717) is 0 Å². The molecule has 0 saturated heterocycles. The van der Waals surface area contributed by atoms with Crippen LogP contribution < -0.4 is 5.32 Å². The Balaban J connectivity index is 1.73. The minimum Gasteiger partial charge on any atom is -0.312 e. The molecule has 0 aliphatic rings. The number of rotatable bonds is 21. The van der Waals surface area contributed by atoms with E-state index in [9.17, 15) is 0 Å². The van der Waals surface area contributed by atoms with Crippen LogP contribution in [0.25, 0.3) is 0 Å². The number of aromatic nitrogens is 1. The first-order valence-corrected chi connectivity index (χ1v) is 13.3. The lowest BCUT2D eigenvalue weighted by atomic mass is 10.0. The molecule has 1 aromatic heterocycles. The van der Waals surface area contributed by atoms with Gasteiger partial charge in [0.15, 0.2) is 0 Å². The van der Waals surface area contributed by atoms with Crippen LogP contribution in [0.15, 0.2) is 6.20 Å². The van der Waals surface area contributed by atoms with E-state index in [-0.39, 0.29) is 0 Å². The molecular weight excluding hydrogens is 360 g/mol. The Bertz CT molecular complexity index is 430. The topological polar surface area (TPSA) is 24.9 Å². The Kier molecular flexibility index (Phi) is 18.2. The van der Waals surface area contributed by atoms with E-state index in [2.05, 4.69) is 30.3 Å². The number of aryl methyl sites for hydroxylation is 1. The fourth-order valence-corrected chi connectivity index (χ4v) is 4.76. The summed E-state index contributed by atoms with van der Waals surface area (Å²) in [5, 5.41) is 4.87. The SMILES string of the molecule is CCCCCCCCCCCCCCCCCCNCc1cnc(CCC)s1. The van der Waals surface area contributed by atoms with E-state index >= 15 is 0 Å². The Morgan fingerprint density at radius 3 is 1.68 bits per heavy atom. The van der Waals surface area contributed by atoms with E-state index in [1.807, 2.05) is 11.3 Å². The molecule has 0 amide bonds. The van der Waals surface area contributed by atoms with Gasteiger partial charge in [-0.1, -0.05) is 110 Å². The maximum Gasteiger partial charge on any atom is 0.0928 e. The summed E-state index contributed by atoms with van der Waals surface area (Å²) >= 11 is 1.87. The van der Waals surface area contributed by atoms with Gasteiger partial charge in [0.1, 0.15) is 0 Å². The standard InChI is InChI=1S/C25H48N2S/c1-3-5-6-7-8-9-10-11-12-13-14-15-16-17-18-19-21-26-22-24-23-27-25(28-24)20-4-2/h23,26H,3-22H2,1-2H3. The molecule has 0 atom stereocenters. The molecule has 0 bridgehead atoms. The van der Waals surface area contributed by atoms with Gasteiger partial charge in [-0.05, 0) is 25.8 Å². The zero-order valence-corrected chi connectivity index (χ0v) is 19.9. The molecule has 3 heteroatoms. The van der Waals surface area contributed by atoms with Crippen LogP contribution in [0.4, 0.5) is 0 Å². The van der Waals surface area contributed by atoms with Gasteiger partial charge in [0, 0.05) is 17.6 Å². The average Bonchev–Trinajstić information content (AvgIpc) is 3.15. The van der Waals surface area contributed by atoms with Crippen LogP contribution in [-0.2, 0) is 13.0 Å². The number of thiazole rings is 1. The third-order valence-corrected chi connectivity index (χ3v) is 6.63. The lowest BCUT2D eigenvalue weighted by Gasteiger charge is -2.04. The highest BCUT2D eigenvalue weighted by atomic mass is 32.1. The second kappa shape index (κ2) is 19.9. The molecule has 0 aromatic carbocycles. The van der Waals surface area contributed by atoms with Crippen LogP contribution in [0.5, 0.6) is 0 Å². The van der Waals surface area contributed by atoms with E-state index in [4.69, 9.17) is 0 Å². The Morgan fingerprint density at radius 2 is 1.18 bits per heavy atom. The minimum absolute atomic E-state index is 1.00. The maximum absolute atomic E-state index is 4.48. The van der Waals surface area contributed by atoms with Gasteiger partial charge >= 0.3 is 0 Å². The second-order valence-electron chi connectivity index (χ2n) is 8.45. The summed E-state index contributed by atoms with van der Waals surface area (Å²) in [7, 11) is 0. The fourth-order valence-electron chi connectivity index (χ4n) is 3.77. The van der Waals surface area contributed by atoms with Crippen LogP contribution in [0.2, 0.25) is 0 Å². The quantitative estimate of drug-likeness (QED) is 0.206. The van der Waals surface area contributed by atoms with E-state index in [0.717, 1.165) is 19.5 Å². The first kappa shape index (κ1) is 25.6. The predicted octanol–water partition coefficient (Wildman–Crippen LogP) is 8.45. The van der Waals surface area contributed by atoms with Crippen molar-refractivity contribution >= 4 is 11.3 Å². The van der Waals surface area contributed by atoms with Crippen molar-refractivity contribution < 1.29 is 0 Å². The molecule has 1 aromatic rings. The van der Waals surface area contributed by atoms with Gasteiger partial charge in [-0.3, -0.25) is 0 Å². The number of nitrogens with zero attached hydrogens (tertiary/aromatic N) is 1. The molecule has 0 aliphatic carbocycles. The van der Waals surface area contributed by atoms with E-state index in [1.54, 1.807) is 0 Å². The summed E-state index contributed by atoms with van der Waals surface area (Å²) in [6.45, 7) is 6.67. The first-order valence-electron chi connectivity index (χ1n) is 12.5. The molecule has 1 heterocycles. The zero-order chi connectivity index (χ0) is 20.1. The normalized spacial score (nSPS) is 11.4. The summed E-state index contributed by atoms with van der Waals surface area (Å²) in [4.78, 5) is 5.87. The third-order valence-electron chi connectivity index (χ3n) is 5.57. The van der Waals surface area contributed by atoms with Crippen molar-refractivity contribution in [2.45, 2.75) is 136 Å². The number of hydrogen-bond acceptors (Lipinski definition) is 3. The van der Waals surface area contributed by atoms with Crippen molar-refractivity contribution in [2.24, 2.45) is 0 Å². The Hall–Kier alpha value is -0.410. The number of hydrogen-bond donors (Lipinski definition) is 1. The number of unbranched alkanes of at least 4 members (excludes halogenated alkanes) is 15. The van der Waals surface area contributed by atoms with Gasteiger partial charge in [-0.15, -0.1) is 11.3 Å². The molecule has 2 nitrogen and oxygen atoms in total. The summed E-state index contributed by atoms with van der Waals surface area (Å²) < 4.78 is 0. The molecule has 1 N–H and O–H groups in total. The largest absolute Gasteiger partial charge is 0.312 e. The predicted molar refractivity (Wildman–Crippen MR) is 127 cm³/mol. The smallest absolute Gasteiger partial charge is 0.0928 e. The third kappa shape index (κ3) is 15.5. The molecule has 28 heavy (non-hydrogen) atoms. The van der Waals surface area contributed by atoms with Crippen LogP contribution >= 0.6 is 11.3 Å². The minimum atomic E-state index is 1.00. The zero-order valence-electron chi connectivity index (χ0n) is 19.1. The monoisotopic (exact) mass is 408 g/mol. The Morgan fingerprint density at radius 1 is 0.679 bits per heavy atom. The summed E-state index contributed by atoms with van der Waals surface area (Å²) in [5.41, 5.74) is 0. The molecule has 0 fully saturated rings. The van der Waals surface area contributed by atoms with Crippen molar-refractivity contribution in [3.8, 4) is 0 Å². The lowest BCUT2D eigenvalue weighted by Crippen LogP contribution is -2.13. The maximum atomic E-state index is 4.48. The van der Waals surface area contributed by atoms with Crippen molar-refractivity contribution in [2.75, 3.05) is 6.54 Å². The van der Waals surface area contributed by atoms with Crippen LogP contribution in [-0.4, -0.2) is 11.5 Å². The highest BCUT2D eigenvalue weighted by Gasteiger charge is 2.00. The lowest BCUT2D eigenvalue weighted by molar-refractivity contribution is 0.525. The fraction of sp³-hybridized carbons (Fsp3) is 0.880. The highest BCUT2D eigenvalue weighted by Crippen LogP contribution is 2.15. The first-order chi connectivity index (χ1) is 13.9. The summed E-state index contributed by atoms with van der Waals surface area (Å²) in [6, 6.07) is 0. The van der Waals surface area contributed by atoms with Crippen molar-refractivity contribution in [1.82, 2.24) is 10.3 Å². The van der Waals surface area contributed by atoms with Gasteiger partial charge in [0.05, 0.1) is 5.01 Å². The van der Waals surface area contributed by atoms with Gasteiger partial charge in [-0.2, -0.15) is 0 Å². The highest BCUT2D eigenvalue weighted by molar-refractivity contribution is 7.11. The van der Waals surface area contributed by atoms with E-state index in [1.165, 1.54) is 119 Å².